The lowest BCUT2D eigenvalue weighted by molar-refractivity contribution is 0.114. The smallest absolute Gasteiger partial charge is 0.182 e. The van der Waals surface area contributed by atoms with Crippen LogP contribution in [-0.2, 0) is 13.0 Å². The van der Waals surface area contributed by atoms with Crippen molar-refractivity contribution >= 4 is 16.5 Å². The first-order valence-corrected chi connectivity index (χ1v) is 9.71. The molecule has 1 N–H and O–H groups in total. The predicted molar refractivity (Wildman–Crippen MR) is 103 cm³/mol. The van der Waals surface area contributed by atoms with Gasteiger partial charge in [0.2, 0.25) is 0 Å². The van der Waals surface area contributed by atoms with Crippen molar-refractivity contribution in [3.05, 3.63) is 47.0 Å². The van der Waals surface area contributed by atoms with Gasteiger partial charge in [-0.1, -0.05) is 30.3 Å². The molecule has 2 aromatic rings. The first-order valence-electron chi connectivity index (χ1n) is 8.83. The molecule has 0 amide bonds. The summed E-state index contributed by atoms with van der Waals surface area (Å²) in [7, 11) is 4.16. The van der Waals surface area contributed by atoms with Crippen molar-refractivity contribution in [2.24, 2.45) is 0 Å². The van der Waals surface area contributed by atoms with E-state index in [0.29, 0.717) is 6.04 Å². The average molecular weight is 345 g/mol. The van der Waals surface area contributed by atoms with Crippen molar-refractivity contribution in [3.63, 3.8) is 0 Å². The number of nitrogens with zero attached hydrogens (tertiary/aromatic N) is 3. The highest BCUT2D eigenvalue weighted by atomic mass is 32.1. The molecule has 1 aliphatic heterocycles. The zero-order chi connectivity index (χ0) is 16.8. The molecular formula is C19H28N4S. The van der Waals surface area contributed by atoms with E-state index in [-0.39, 0.29) is 0 Å². The van der Waals surface area contributed by atoms with Gasteiger partial charge in [0.05, 0.1) is 5.69 Å². The van der Waals surface area contributed by atoms with Crippen LogP contribution in [0.15, 0.2) is 35.7 Å². The fraction of sp³-hybridized carbons (Fsp3) is 0.526. The first-order chi connectivity index (χ1) is 11.7. The number of rotatable bonds is 7. The number of aromatic nitrogens is 1. The van der Waals surface area contributed by atoms with Crippen LogP contribution in [0.3, 0.4) is 0 Å². The van der Waals surface area contributed by atoms with E-state index < -0.39 is 0 Å². The summed E-state index contributed by atoms with van der Waals surface area (Å²) in [6, 6.07) is 11.5. The summed E-state index contributed by atoms with van der Waals surface area (Å²) in [5.41, 5.74) is 2.61. The van der Waals surface area contributed by atoms with Gasteiger partial charge in [-0.3, -0.25) is 4.90 Å². The second-order valence-electron chi connectivity index (χ2n) is 6.63. The van der Waals surface area contributed by atoms with Gasteiger partial charge in [0, 0.05) is 31.6 Å². The molecule has 5 heteroatoms. The van der Waals surface area contributed by atoms with Crippen molar-refractivity contribution in [1.29, 1.82) is 0 Å². The molecule has 0 radical (unpaired) electrons. The third-order valence-electron chi connectivity index (χ3n) is 4.87. The van der Waals surface area contributed by atoms with E-state index in [1.165, 1.54) is 37.2 Å². The normalized spacial score (nSPS) is 16.6. The van der Waals surface area contributed by atoms with E-state index in [2.05, 4.69) is 62.9 Å². The molecule has 1 aliphatic rings. The predicted octanol–water partition coefficient (Wildman–Crippen LogP) is 3.32. The Hall–Kier alpha value is -1.43. The summed E-state index contributed by atoms with van der Waals surface area (Å²) in [4.78, 5) is 9.77. The van der Waals surface area contributed by atoms with E-state index in [0.717, 1.165) is 24.6 Å². The maximum absolute atomic E-state index is 4.69. The third-order valence-corrected chi connectivity index (χ3v) is 5.77. The van der Waals surface area contributed by atoms with Gasteiger partial charge in [0.25, 0.3) is 0 Å². The molecule has 0 saturated carbocycles. The summed E-state index contributed by atoms with van der Waals surface area (Å²) >= 11 is 1.70. The van der Waals surface area contributed by atoms with E-state index >= 15 is 0 Å². The minimum absolute atomic E-state index is 0.671. The molecule has 3 rings (SSSR count). The van der Waals surface area contributed by atoms with Gasteiger partial charge in [0.1, 0.15) is 0 Å². The van der Waals surface area contributed by atoms with Crippen LogP contribution in [0.25, 0.3) is 0 Å². The van der Waals surface area contributed by atoms with Crippen molar-refractivity contribution in [2.75, 3.05) is 39.0 Å². The van der Waals surface area contributed by atoms with Crippen molar-refractivity contribution in [2.45, 2.75) is 31.8 Å². The maximum Gasteiger partial charge on any atom is 0.182 e. The van der Waals surface area contributed by atoms with Gasteiger partial charge >= 0.3 is 0 Å². The van der Waals surface area contributed by atoms with Crippen LogP contribution in [-0.4, -0.2) is 54.6 Å². The number of hydrogen-bond donors (Lipinski definition) is 1. The molecule has 0 atom stereocenters. The number of thiazole rings is 1. The summed E-state index contributed by atoms with van der Waals surface area (Å²) in [6.07, 6.45) is 3.62. The molecule has 1 saturated heterocycles. The number of hydrogen-bond acceptors (Lipinski definition) is 5. The Kier molecular flexibility index (Phi) is 6.24. The fourth-order valence-corrected chi connectivity index (χ4v) is 4.03. The van der Waals surface area contributed by atoms with Gasteiger partial charge in [-0.05, 0) is 45.0 Å². The van der Waals surface area contributed by atoms with Crippen molar-refractivity contribution < 1.29 is 0 Å². The molecular weight excluding hydrogens is 316 g/mol. The fourth-order valence-electron chi connectivity index (χ4n) is 3.37. The number of benzene rings is 1. The van der Waals surface area contributed by atoms with Gasteiger partial charge < -0.3 is 10.2 Å². The molecule has 1 aromatic heterocycles. The Morgan fingerprint density at radius 1 is 1.25 bits per heavy atom. The number of anilines is 1. The Labute approximate surface area is 149 Å². The minimum Gasteiger partial charge on any atom is -0.365 e. The SMILES string of the molecule is CNc1nc(CN(CCc2ccccc2)C2CCN(C)CC2)cs1. The van der Waals surface area contributed by atoms with Gasteiger partial charge in [-0.2, -0.15) is 0 Å². The maximum atomic E-state index is 4.69. The Morgan fingerprint density at radius 3 is 2.67 bits per heavy atom. The second kappa shape index (κ2) is 8.60. The number of likely N-dealkylation sites (tertiary alicyclic amines) is 1. The summed E-state index contributed by atoms with van der Waals surface area (Å²) in [6.45, 7) is 4.46. The summed E-state index contributed by atoms with van der Waals surface area (Å²) < 4.78 is 0. The lowest BCUT2D eigenvalue weighted by Gasteiger charge is -2.37. The van der Waals surface area contributed by atoms with Crippen LogP contribution in [0.1, 0.15) is 24.1 Å². The third kappa shape index (κ3) is 4.79. The van der Waals surface area contributed by atoms with Crippen LogP contribution < -0.4 is 5.32 Å². The van der Waals surface area contributed by atoms with Crippen LogP contribution >= 0.6 is 11.3 Å². The lowest BCUT2D eigenvalue weighted by Crippen LogP contribution is -2.44. The van der Waals surface area contributed by atoms with E-state index in [1.54, 1.807) is 11.3 Å². The van der Waals surface area contributed by atoms with Crippen LogP contribution in [0.4, 0.5) is 5.13 Å². The Bertz CT molecular complexity index is 605. The highest BCUT2D eigenvalue weighted by Crippen LogP contribution is 2.21. The highest BCUT2D eigenvalue weighted by molar-refractivity contribution is 7.13. The Balaban J connectivity index is 1.65. The molecule has 0 spiro atoms. The zero-order valence-corrected chi connectivity index (χ0v) is 15.6. The van der Waals surface area contributed by atoms with Crippen molar-refractivity contribution in [1.82, 2.24) is 14.8 Å². The highest BCUT2D eigenvalue weighted by Gasteiger charge is 2.23. The molecule has 4 nitrogen and oxygen atoms in total. The average Bonchev–Trinajstić information content (AvgIpc) is 3.08. The second-order valence-corrected chi connectivity index (χ2v) is 7.49. The van der Waals surface area contributed by atoms with Gasteiger partial charge in [0.15, 0.2) is 5.13 Å². The quantitative estimate of drug-likeness (QED) is 0.835. The van der Waals surface area contributed by atoms with E-state index in [4.69, 9.17) is 0 Å². The molecule has 1 fully saturated rings. The minimum atomic E-state index is 0.671. The van der Waals surface area contributed by atoms with Gasteiger partial charge in [-0.25, -0.2) is 4.98 Å². The van der Waals surface area contributed by atoms with Gasteiger partial charge in [-0.15, -0.1) is 11.3 Å². The molecule has 24 heavy (non-hydrogen) atoms. The van der Waals surface area contributed by atoms with E-state index in [1.807, 2.05) is 7.05 Å². The molecule has 1 aromatic carbocycles. The monoisotopic (exact) mass is 344 g/mol. The zero-order valence-electron chi connectivity index (χ0n) is 14.7. The number of nitrogens with one attached hydrogen (secondary N) is 1. The van der Waals surface area contributed by atoms with Crippen molar-refractivity contribution in [3.8, 4) is 0 Å². The summed E-state index contributed by atoms with van der Waals surface area (Å²) in [5, 5.41) is 6.35. The lowest BCUT2D eigenvalue weighted by atomic mass is 10.0. The van der Waals surface area contributed by atoms with Crippen LogP contribution in [0.5, 0.6) is 0 Å². The topological polar surface area (TPSA) is 31.4 Å². The largest absolute Gasteiger partial charge is 0.365 e. The molecule has 2 heterocycles. The standard InChI is InChI=1S/C19H28N4S/c1-20-19-21-17(15-24-19)14-23(18-9-11-22(2)12-10-18)13-8-16-6-4-3-5-7-16/h3-7,15,18H,8-14H2,1-2H3,(H,20,21). The molecule has 0 aliphatic carbocycles. The summed E-state index contributed by atoms with van der Waals surface area (Å²) in [5.74, 6) is 0. The van der Waals surface area contributed by atoms with Crippen LogP contribution in [0, 0.1) is 0 Å². The molecule has 0 unspecified atom stereocenters. The molecule has 130 valence electrons. The number of piperidine rings is 1. The van der Waals surface area contributed by atoms with E-state index in [9.17, 15) is 0 Å². The molecule has 0 bridgehead atoms. The van der Waals surface area contributed by atoms with Crippen LogP contribution in [0.2, 0.25) is 0 Å². The first kappa shape index (κ1) is 17.4. The Morgan fingerprint density at radius 2 is 2.00 bits per heavy atom.